The van der Waals surface area contributed by atoms with Crippen LogP contribution in [-0.2, 0) is 4.74 Å². The molecule has 0 spiro atoms. The van der Waals surface area contributed by atoms with Crippen molar-refractivity contribution >= 4 is 40.6 Å². The Labute approximate surface area is 152 Å². The van der Waals surface area contributed by atoms with Gasteiger partial charge in [-0.1, -0.05) is 41.9 Å². The van der Waals surface area contributed by atoms with Crippen LogP contribution >= 0.6 is 23.8 Å². The van der Waals surface area contributed by atoms with Gasteiger partial charge < -0.3 is 15.4 Å². The maximum Gasteiger partial charge on any atom is 0.339 e. The molecule has 4 nitrogen and oxygen atoms in total. The van der Waals surface area contributed by atoms with Crippen LogP contribution in [0, 0.1) is 0 Å². The second kappa shape index (κ2) is 8.66. The number of esters is 1. The molecule has 0 amide bonds. The third-order valence-electron chi connectivity index (χ3n) is 3.37. The molecule has 0 saturated carbocycles. The Bertz CT molecular complexity index is 722. The van der Waals surface area contributed by atoms with Gasteiger partial charge in [-0.05, 0) is 49.8 Å². The first-order chi connectivity index (χ1) is 11.5. The monoisotopic (exact) mass is 362 g/mol. The highest BCUT2D eigenvalue weighted by Crippen LogP contribution is 2.22. The van der Waals surface area contributed by atoms with Gasteiger partial charge in [0.1, 0.15) is 0 Å². The van der Waals surface area contributed by atoms with Gasteiger partial charge in [-0.2, -0.15) is 0 Å². The molecule has 0 bridgehead atoms. The molecule has 0 aliphatic carbocycles. The zero-order valence-electron chi connectivity index (χ0n) is 13.5. The fourth-order valence-electron chi connectivity index (χ4n) is 2.16. The lowest BCUT2D eigenvalue weighted by atomic mass is 10.1. The summed E-state index contributed by atoms with van der Waals surface area (Å²) in [6.07, 6.45) is 0. The van der Waals surface area contributed by atoms with Gasteiger partial charge in [0.05, 0.1) is 23.2 Å². The van der Waals surface area contributed by atoms with Gasteiger partial charge in [0.25, 0.3) is 0 Å². The van der Waals surface area contributed by atoms with Crippen molar-refractivity contribution in [2.75, 3.05) is 11.9 Å². The highest BCUT2D eigenvalue weighted by molar-refractivity contribution is 7.80. The number of anilines is 1. The lowest BCUT2D eigenvalue weighted by molar-refractivity contribution is 0.0526. The summed E-state index contributed by atoms with van der Waals surface area (Å²) in [4.78, 5) is 11.7. The molecular weight excluding hydrogens is 344 g/mol. The van der Waals surface area contributed by atoms with Gasteiger partial charge in [-0.25, -0.2) is 4.79 Å². The van der Waals surface area contributed by atoms with Crippen molar-refractivity contribution in [1.82, 2.24) is 5.32 Å². The summed E-state index contributed by atoms with van der Waals surface area (Å²) in [5, 5.41) is 7.07. The molecule has 0 aliphatic heterocycles. The molecule has 2 rings (SSSR count). The van der Waals surface area contributed by atoms with Crippen molar-refractivity contribution in [2.24, 2.45) is 0 Å². The van der Waals surface area contributed by atoms with Crippen LogP contribution in [0.4, 0.5) is 5.69 Å². The Morgan fingerprint density at radius 2 is 1.96 bits per heavy atom. The van der Waals surface area contributed by atoms with E-state index in [9.17, 15) is 4.79 Å². The predicted octanol–water partition coefficient (Wildman–Crippen LogP) is 4.56. The van der Waals surface area contributed by atoms with Crippen LogP contribution in [-0.4, -0.2) is 17.7 Å². The second-order valence-electron chi connectivity index (χ2n) is 5.15. The molecule has 24 heavy (non-hydrogen) atoms. The topological polar surface area (TPSA) is 50.4 Å². The number of halogens is 1. The Kier molecular flexibility index (Phi) is 6.58. The third kappa shape index (κ3) is 4.94. The molecule has 0 fully saturated rings. The van der Waals surface area contributed by atoms with Crippen LogP contribution in [0.25, 0.3) is 0 Å². The standard InChI is InChI=1S/C18H19ClN2O2S/c1-3-23-17(22)15-10-9-14(11-16(15)19)21-18(24)20-12(2)13-7-5-4-6-8-13/h4-12H,3H2,1-2H3,(H2,20,21,24)/t12-/m0/s1. The minimum Gasteiger partial charge on any atom is -0.462 e. The number of carbonyl (C=O) groups excluding carboxylic acids is 1. The number of hydrogen-bond donors (Lipinski definition) is 2. The third-order valence-corrected chi connectivity index (χ3v) is 3.90. The first kappa shape index (κ1) is 18.2. The molecule has 2 N–H and O–H groups in total. The van der Waals surface area contributed by atoms with Crippen molar-refractivity contribution in [1.29, 1.82) is 0 Å². The van der Waals surface area contributed by atoms with Gasteiger partial charge in [-0.15, -0.1) is 0 Å². The van der Waals surface area contributed by atoms with Crippen molar-refractivity contribution < 1.29 is 9.53 Å². The summed E-state index contributed by atoms with van der Waals surface area (Å²) in [7, 11) is 0. The predicted molar refractivity (Wildman–Crippen MR) is 102 cm³/mol. The highest BCUT2D eigenvalue weighted by Gasteiger charge is 2.12. The average molecular weight is 363 g/mol. The van der Waals surface area contributed by atoms with E-state index in [-0.39, 0.29) is 6.04 Å². The summed E-state index contributed by atoms with van der Waals surface area (Å²) in [5.74, 6) is -0.438. The van der Waals surface area contributed by atoms with Crippen LogP contribution in [0.1, 0.15) is 35.8 Å². The highest BCUT2D eigenvalue weighted by atomic mass is 35.5. The molecule has 0 saturated heterocycles. The largest absolute Gasteiger partial charge is 0.462 e. The summed E-state index contributed by atoms with van der Waals surface area (Å²) >= 11 is 11.5. The van der Waals surface area contributed by atoms with Gasteiger partial charge >= 0.3 is 5.97 Å². The van der Waals surface area contributed by atoms with E-state index in [0.717, 1.165) is 5.56 Å². The first-order valence-electron chi connectivity index (χ1n) is 7.60. The van der Waals surface area contributed by atoms with E-state index in [1.54, 1.807) is 25.1 Å². The number of thiocarbonyl (C=S) groups is 1. The van der Waals surface area contributed by atoms with E-state index in [0.29, 0.717) is 28.0 Å². The Hall–Kier alpha value is -2.11. The lowest BCUT2D eigenvalue weighted by Gasteiger charge is -2.17. The number of benzene rings is 2. The summed E-state index contributed by atoms with van der Waals surface area (Å²) < 4.78 is 4.95. The Morgan fingerprint density at radius 1 is 1.25 bits per heavy atom. The van der Waals surface area contributed by atoms with Crippen molar-refractivity contribution in [3.63, 3.8) is 0 Å². The van der Waals surface area contributed by atoms with Gasteiger partial charge in [-0.3, -0.25) is 0 Å². The summed E-state index contributed by atoms with van der Waals surface area (Å²) in [6, 6.07) is 15.1. The van der Waals surface area contributed by atoms with E-state index in [4.69, 9.17) is 28.6 Å². The fourth-order valence-corrected chi connectivity index (χ4v) is 2.71. The number of ether oxygens (including phenoxy) is 1. The molecule has 0 aromatic heterocycles. The first-order valence-corrected chi connectivity index (χ1v) is 8.39. The quantitative estimate of drug-likeness (QED) is 0.603. The molecule has 2 aromatic rings. The Morgan fingerprint density at radius 3 is 2.58 bits per heavy atom. The smallest absolute Gasteiger partial charge is 0.339 e. The fraction of sp³-hybridized carbons (Fsp3) is 0.222. The normalized spacial score (nSPS) is 11.5. The zero-order chi connectivity index (χ0) is 17.5. The minimum absolute atomic E-state index is 0.0699. The maximum absolute atomic E-state index is 11.7. The number of nitrogens with one attached hydrogen (secondary N) is 2. The Balaban J connectivity index is 1.99. The maximum atomic E-state index is 11.7. The molecule has 0 heterocycles. The van der Waals surface area contributed by atoms with Crippen LogP contribution in [0.15, 0.2) is 48.5 Å². The molecular formula is C18H19ClN2O2S. The molecule has 6 heteroatoms. The molecule has 0 radical (unpaired) electrons. The van der Waals surface area contributed by atoms with Crippen LogP contribution in [0.3, 0.4) is 0 Å². The van der Waals surface area contributed by atoms with E-state index >= 15 is 0 Å². The number of hydrogen-bond acceptors (Lipinski definition) is 3. The molecule has 0 unspecified atom stereocenters. The van der Waals surface area contributed by atoms with Crippen molar-refractivity contribution in [3.8, 4) is 0 Å². The van der Waals surface area contributed by atoms with Crippen molar-refractivity contribution in [3.05, 3.63) is 64.7 Å². The van der Waals surface area contributed by atoms with Gasteiger partial charge in [0, 0.05) is 5.69 Å². The molecule has 0 aliphatic rings. The summed E-state index contributed by atoms with van der Waals surface area (Å²) in [5.41, 5.74) is 2.17. The number of carbonyl (C=O) groups is 1. The lowest BCUT2D eigenvalue weighted by Crippen LogP contribution is -2.30. The number of rotatable bonds is 5. The van der Waals surface area contributed by atoms with Crippen LogP contribution in [0.5, 0.6) is 0 Å². The average Bonchev–Trinajstić information content (AvgIpc) is 2.55. The van der Waals surface area contributed by atoms with Gasteiger partial charge in [0.15, 0.2) is 5.11 Å². The van der Waals surface area contributed by atoms with Crippen LogP contribution < -0.4 is 10.6 Å². The van der Waals surface area contributed by atoms with E-state index < -0.39 is 5.97 Å². The van der Waals surface area contributed by atoms with E-state index in [1.807, 2.05) is 37.3 Å². The zero-order valence-corrected chi connectivity index (χ0v) is 15.1. The molecule has 2 aromatic carbocycles. The van der Waals surface area contributed by atoms with Crippen LogP contribution in [0.2, 0.25) is 5.02 Å². The molecule has 126 valence electrons. The van der Waals surface area contributed by atoms with Gasteiger partial charge in [0.2, 0.25) is 0 Å². The molecule has 1 atom stereocenters. The summed E-state index contributed by atoms with van der Waals surface area (Å²) in [6.45, 7) is 4.08. The second-order valence-corrected chi connectivity index (χ2v) is 5.96. The SMILES string of the molecule is CCOC(=O)c1ccc(NC(=S)N[C@@H](C)c2ccccc2)cc1Cl. The van der Waals surface area contributed by atoms with Crippen molar-refractivity contribution in [2.45, 2.75) is 19.9 Å². The minimum atomic E-state index is -0.438. The van der Waals surface area contributed by atoms with E-state index in [2.05, 4.69) is 10.6 Å². The van der Waals surface area contributed by atoms with E-state index in [1.165, 1.54) is 0 Å².